The number of morpholine rings is 1. The number of rotatable bonds is 9. The number of hydrogen-bond donors (Lipinski definition) is 2. The number of β-amino-alcohol motifs (C(OH)–C–C–N with tert-alkyl or cyclic N) is 1. The van der Waals surface area contributed by atoms with E-state index < -0.39 is 28.3 Å². The molecule has 3 heterocycles. The molecule has 0 saturated carbocycles. The smallest absolute Gasteiger partial charge is 0.243 e. The van der Waals surface area contributed by atoms with E-state index >= 15 is 0 Å². The van der Waals surface area contributed by atoms with Crippen molar-refractivity contribution in [1.29, 1.82) is 0 Å². The second kappa shape index (κ2) is 13.3. The molecule has 0 unspecified atom stereocenters. The molecule has 1 aromatic rings. The monoisotopic (exact) mass is 541 g/mol. The van der Waals surface area contributed by atoms with Crippen LogP contribution in [-0.4, -0.2) is 119 Å². The molecule has 0 aromatic heterocycles. The summed E-state index contributed by atoms with van der Waals surface area (Å²) >= 11 is 0. The number of hydrogen-bond acceptors (Lipinski definition) is 9. The van der Waals surface area contributed by atoms with Gasteiger partial charge in [0.15, 0.2) is 0 Å². The van der Waals surface area contributed by atoms with Crippen LogP contribution in [0.4, 0.5) is 0 Å². The van der Waals surface area contributed by atoms with Crippen molar-refractivity contribution in [3.8, 4) is 5.75 Å². The minimum Gasteiger partial charge on any atom is -0.497 e. The predicted molar refractivity (Wildman–Crippen MR) is 135 cm³/mol. The topological polar surface area (TPSA) is 127 Å². The number of fused-ring (bicyclic) bond motifs is 1. The zero-order valence-electron chi connectivity index (χ0n) is 21.4. The molecule has 4 rings (SSSR count). The third kappa shape index (κ3) is 7.62. The summed E-state index contributed by atoms with van der Waals surface area (Å²) in [6.07, 6.45) is 0.325. The molecule has 3 aliphatic heterocycles. The van der Waals surface area contributed by atoms with Crippen LogP contribution in [0.15, 0.2) is 29.2 Å². The number of aliphatic hydroxyl groups excluding tert-OH is 1. The number of aliphatic hydroxyl groups is 1. The highest BCUT2D eigenvalue weighted by atomic mass is 32.2. The number of amides is 1. The largest absolute Gasteiger partial charge is 0.497 e. The van der Waals surface area contributed by atoms with Gasteiger partial charge in [0, 0.05) is 26.2 Å². The average molecular weight is 542 g/mol. The van der Waals surface area contributed by atoms with E-state index in [1.54, 1.807) is 12.1 Å². The summed E-state index contributed by atoms with van der Waals surface area (Å²) in [4.78, 5) is 15.0. The Labute approximate surface area is 219 Å². The summed E-state index contributed by atoms with van der Waals surface area (Å²) in [6.45, 7) is 4.97. The maximum atomic E-state index is 13.6. The molecule has 3 aliphatic rings. The lowest BCUT2D eigenvalue weighted by Gasteiger charge is -2.43. The first kappa shape index (κ1) is 28.2. The molecular weight excluding hydrogens is 502 g/mol. The van der Waals surface area contributed by atoms with Crippen LogP contribution >= 0.6 is 0 Å². The van der Waals surface area contributed by atoms with Crippen LogP contribution in [-0.2, 0) is 29.0 Å². The number of carbonyl (C=O) groups excluding carboxylic acids is 1. The molecule has 12 heteroatoms. The van der Waals surface area contributed by atoms with Gasteiger partial charge in [0.1, 0.15) is 5.75 Å². The lowest BCUT2D eigenvalue weighted by atomic mass is 9.96. The van der Waals surface area contributed by atoms with Gasteiger partial charge in [0.05, 0.1) is 69.2 Å². The van der Waals surface area contributed by atoms with Crippen LogP contribution < -0.4 is 10.1 Å². The van der Waals surface area contributed by atoms with Crippen molar-refractivity contribution >= 4 is 15.9 Å². The fourth-order valence-electron chi connectivity index (χ4n) is 5.09. The molecule has 0 aliphatic carbocycles. The molecular formula is C25H39N3O8S. The Hall–Kier alpha value is -1.80. The van der Waals surface area contributed by atoms with Gasteiger partial charge in [0.25, 0.3) is 0 Å². The van der Waals surface area contributed by atoms with Gasteiger partial charge in [0.2, 0.25) is 15.9 Å². The van der Waals surface area contributed by atoms with Crippen LogP contribution in [0.1, 0.15) is 25.7 Å². The number of methoxy groups -OCH3 is 1. The van der Waals surface area contributed by atoms with E-state index in [1.165, 1.54) is 23.5 Å². The van der Waals surface area contributed by atoms with Crippen LogP contribution in [0.2, 0.25) is 0 Å². The lowest BCUT2D eigenvalue weighted by Crippen LogP contribution is -2.57. The maximum Gasteiger partial charge on any atom is 0.243 e. The molecule has 4 atom stereocenters. The summed E-state index contributed by atoms with van der Waals surface area (Å²) in [5.41, 5.74) is 0. The molecule has 208 valence electrons. The molecule has 3 saturated heterocycles. The first-order valence-electron chi connectivity index (χ1n) is 13.0. The molecule has 1 amide bonds. The first-order valence-corrected chi connectivity index (χ1v) is 14.4. The quantitative estimate of drug-likeness (QED) is 0.422. The summed E-state index contributed by atoms with van der Waals surface area (Å²) in [5.74, 6) is 0.483. The van der Waals surface area contributed by atoms with Crippen LogP contribution in [0.3, 0.4) is 0 Å². The minimum atomic E-state index is -3.90. The minimum absolute atomic E-state index is 0.00943. The van der Waals surface area contributed by atoms with E-state index in [0.717, 1.165) is 39.3 Å². The molecule has 2 N–H and O–H groups in total. The Morgan fingerprint density at radius 3 is 2.62 bits per heavy atom. The van der Waals surface area contributed by atoms with E-state index in [2.05, 4.69) is 10.2 Å². The molecule has 0 radical (unpaired) electrons. The fourth-order valence-corrected chi connectivity index (χ4v) is 6.80. The standard InChI is InChI=1S/C25H39N3O8S/c1-33-20-3-6-22(7-4-20)37(31,32)28-16-19(29)17-35-18-24-23(28)8-5-21(36-24)15-25(30)26-9-2-10-27-11-13-34-14-12-27/h3-4,6-7,19,21,23-24,29H,2,5,8-18H2,1H3,(H,26,30)/t19-,21-,23+,24-/m1/s1. The van der Waals surface area contributed by atoms with E-state index in [-0.39, 0.29) is 43.1 Å². The molecule has 3 fully saturated rings. The first-order chi connectivity index (χ1) is 17.9. The molecule has 11 nitrogen and oxygen atoms in total. The Kier molecular flexibility index (Phi) is 10.2. The highest BCUT2D eigenvalue weighted by Crippen LogP contribution is 2.32. The van der Waals surface area contributed by atoms with Crippen molar-refractivity contribution in [2.24, 2.45) is 0 Å². The summed E-state index contributed by atoms with van der Waals surface area (Å²) in [7, 11) is -2.39. The highest BCUT2D eigenvalue weighted by Gasteiger charge is 2.43. The van der Waals surface area contributed by atoms with Gasteiger partial charge in [-0.2, -0.15) is 4.31 Å². The Morgan fingerprint density at radius 2 is 1.89 bits per heavy atom. The number of nitrogens with one attached hydrogen (secondary N) is 1. The van der Waals surface area contributed by atoms with Gasteiger partial charge >= 0.3 is 0 Å². The normalized spacial score (nSPS) is 28.1. The Balaban J connectivity index is 1.33. The highest BCUT2D eigenvalue weighted by molar-refractivity contribution is 7.89. The number of sulfonamides is 1. The Morgan fingerprint density at radius 1 is 1.14 bits per heavy atom. The summed E-state index contributed by atoms with van der Waals surface area (Å²) in [5, 5.41) is 13.3. The van der Waals surface area contributed by atoms with Gasteiger partial charge in [-0.1, -0.05) is 0 Å². The summed E-state index contributed by atoms with van der Waals surface area (Å²) < 4.78 is 50.8. The zero-order chi connectivity index (χ0) is 26.3. The molecule has 1 aromatic carbocycles. The third-order valence-corrected chi connectivity index (χ3v) is 9.00. The average Bonchev–Trinajstić information content (AvgIpc) is 2.90. The molecule has 37 heavy (non-hydrogen) atoms. The summed E-state index contributed by atoms with van der Waals surface area (Å²) in [6, 6.07) is 5.69. The maximum absolute atomic E-state index is 13.6. The van der Waals surface area contributed by atoms with Crippen molar-refractivity contribution in [3.63, 3.8) is 0 Å². The SMILES string of the molecule is COc1ccc(S(=O)(=O)N2C[C@@H](O)COC[C@H]3O[C@@H](CC(=O)NCCCN4CCOCC4)CC[C@@H]32)cc1. The number of benzene rings is 1. The molecule has 0 bridgehead atoms. The van der Waals surface area contributed by atoms with Gasteiger partial charge < -0.3 is 29.4 Å². The van der Waals surface area contributed by atoms with E-state index in [1.807, 2.05) is 0 Å². The van der Waals surface area contributed by atoms with Crippen LogP contribution in [0.5, 0.6) is 5.75 Å². The van der Waals surface area contributed by atoms with Gasteiger partial charge in [-0.15, -0.1) is 0 Å². The predicted octanol–water partition coefficient (Wildman–Crippen LogP) is 0.222. The van der Waals surface area contributed by atoms with Crippen molar-refractivity contribution in [1.82, 2.24) is 14.5 Å². The van der Waals surface area contributed by atoms with Gasteiger partial charge in [-0.05, 0) is 50.1 Å². The van der Waals surface area contributed by atoms with Crippen molar-refractivity contribution in [2.45, 2.75) is 54.9 Å². The van der Waals surface area contributed by atoms with Crippen LogP contribution in [0.25, 0.3) is 0 Å². The molecule has 0 spiro atoms. The third-order valence-electron chi connectivity index (χ3n) is 7.09. The van der Waals surface area contributed by atoms with E-state index in [9.17, 15) is 18.3 Å². The van der Waals surface area contributed by atoms with Crippen molar-refractivity contribution in [3.05, 3.63) is 24.3 Å². The fraction of sp³-hybridized carbons (Fsp3) is 0.720. The second-order valence-corrected chi connectivity index (χ2v) is 11.6. The van der Waals surface area contributed by atoms with Crippen molar-refractivity contribution < 1.29 is 37.3 Å². The second-order valence-electron chi connectivity index (χ2n) is 9.74. The van der Waals surface area contributed by atoms with Gasteiger partial charge in [-0.25, -0.2) is 8.42 Å². The van der Waals surface area contributed by atoms with E-state index in [0.29, 0.717) is 25.1 Å². The number of carbonyl (C=O) groups is 1. The van der Waals surface area contributed by atoms with Crippen molar-refractivity contribution in [2.75, 3.05) is 66.3 Å². The zero-order valence-corrected chi connectivity index (χ0v) is 22.2. The number of nitrogens with zero attached hydrogens (tertiary/aromatic N) is 2. The Bertz CT molecular complexity index is 971. The lowest BCUT2D eigenvalue weighted by molar-refractivity contribution is -0.146. The number of ether oxygens (including phenoxy) is 4. The van der Waals surface area contributed by atoms with Crippen LogP contribution in [0, 0.1) is 0 Å². The van der Waals surface area contributed by atoms with E-state index in [4.69, 9.17) is 18.9 Å². The van der Waals surface area contributed by atoms with Gasteiger partial charge in [-0.3, -0.25) is 9.69 Å².